The normalized spacial score (nSPS) is 29.4. The predicted molar refractivity (Wildman–Crippen MR) is 26.6 cm³/mol. The van der Waals surface area contributed by atoms with E-state index in [-0.39, 0.29) is 5.54 Å². The van der Waals surface area contributed by atoms with Crippen molar-refractivity contribution in [1.29, 1.82) is 0 Å². The van der Waals surface area contributed by atoms with Crippen molar-refractivity contribution >= 4 is 7.85 Å². The summed E-state index contributed by atoms with van der Waals surface area (Å²) < 4.78 is 0. The average molecular weight is 97.9 g/mol. The number of quaternary nitrogens is 1. The lowest BCUT2D eigenvalue weighted by molar-refractivity contribution is -0.449. The quantitative estimate of drug-likeness (QED) is 0.375. The highest BCUT2D eigenvalue weighted by atomic mass is 16.3. The van der Waals surface area contributed by atoms with Crippen LogP contribution < -0.4 is 5.73 Å². The molecule has 1 rings (SSSR count). The smallest absolute Gasteiger partial charge is 0.117 e. The molecule has 0 aromatic rings. The van der Waals surface area contributed by atoms with Crippen LogP contribution in [0.5, 0.6) is 0 Å². The number of aliphatic hydroxyl groups is 1. The largest absolute Gasteiger partial charge is 0.397 e. The zero-order valence-electron chi connectivity index (χ0n) is 4.22. The summed E-state index contributed by atoms with van der Waals surface area (Å²) >= 11 is 0. The summed E-state index contributed by atoms with van der Waals surface area (Å²) in [6, 6.07) is -0.701. The molecule has 0 amide bonds. The molecule has 0 spiro atoms. The van der Waals surface area contributed by atoms with Crippen LogP contribution in [0.15, 0.2) is 0 Å². The van der Waals surface area contributed by atoms with Crippen LogP contribution in [-0.2, 0) is 0 Å². The molecule has 7 heavy (non-hydrogen) atoms. The molecule has 4 N–H and O–H groups in total. The Balaban J connectivity index is 2.39. The lowest BCUT2D eigenvalue weighted by Gasteiger charge is -2.06. The van der Waals surface area contributed by atoms with E-state index in [1.807, 2.05) is 0 Å². The zero-order chi connectivity index (χ0) is 5.49. The first kappa shape index (κ1) is 5.13. The van der Waals surface area contributed by atoms with Crippen LogP contribution in [0.1, 0.15) is 12.8 Å². The Morgan fingerprint density at radius 2 is 2.14 bits per heavy atom. The molecule has 38 valence electrons. The van der Waals surface area contributed by atoms with Crippen LogP contribution in [0.2, 0.25) is 0 Å². The minimum absolute atomic E-state index is 0.167. The molecule has 1 atom stereocenters. The monoisotopic (exact) mass is 98.1 g/mol. The molecule has 1 aliphatic carbocycles. The number of aliphatic hydroxyl groups excluding tert-OH is 1. The Kier molecular flexibility index (Phi) is 0.903. The highest BCUT2D eigenvalue weighted by molar-refractivity contribution is 6.11. The van der Waals surface area contributed by atoms with Crippen LogP contribution in [0.3, 0.4) is 0 Å². The predicted octanol–water partition coefficient (Wildman–Crippen LogP) is -1.75. The molecule has 0 aliphatic heterocycles. The van der Waals surface area contributed by atoms with Gasteiger partial charge in [0.25, 0.3) is 0 Å². The fourth-order valence-corrected chi connectivity index (χ4v) is 0.456. The average Bonchev–Trinajstić information content (AvgIpc) is 2.21. The van der Waals surface area contributed by atoms with Gasteiger partial charge < -0.3 is 10.8 Å². The topological polar surface area (TPSA) is 47.9 Å². The molecule has 0 saturated heterocycles. The highest BCUT2D eigenvalue weighted by Gasteiger charge is 2.46. The van der Waals surface area contributed by atoms with Crippen molar-refractivity contribution < 1.29 is 10.8 Å². The maximum Gasteiger partial charge on any atom is 0.117 e. The third-order valence-corrected chi connectivity index (χ3v) is 1.52. The molecule has 0 bridgehead atoms. The second-order valence-corrected chi connectivity index (χ2v) is 2.31. The Morgan fingerprint density at radius 3 is 2.14 bits per heavy atom. The molecule has 1 fully saturated rings. The van der Waals surface area contributed by atoms with E-state index >= 15 is 0 Å². The fourth-order valence-electron chi connectivity index (χ4n) is 0.456. The first-order valence-corrected chi connectivity index (χ1v) is 2.44. The first-order valence-electron chi connectivity index (χ1n) is 2.44. The van der Waals surface area contributed by atoms with Gasteiger partial charge in [0, 0.05) is 12.8 Å². The minimum atomic E-state index is -0.701. The molecule has 2 nitrogen and oxygen atoms in total. The molecule has 0 heterocycles. The zero-order valence-corrected chi connectivity index (χ0v) is 4.22. The summed E-state index contributed by atoms with van der Waals surface area (Å²) in [6.45, 7) is 0. The van der Waals surface area contributed by atoms with E-state index < -0.39 is 6.00 Å². The summed E-state index contributed by atoms with van der Waals surface area (Å²) in [5.41, 5.74) is 3.54. The molecular weight excluding hydrogens is 88.9 g/mol. The molecule has 1 unspecified atom stereocenters. The van der Waals surface area contributed by atoms with Crippen LogP contribution in [0, 0.1) is 0 Å². The van der Waals surface area contributed by atoms with Crippen LogP contribution in [0.25, 0.3) is 0 Å². The van der Waals surface area contributed by atoms with E-state index in [0.717, 1.165) is 12.8 Å². The Labute approximate surface area is 44.1 Å². The molecule has 1 aliphatic rings. The Morgan fingerprint density at radius 1 is 1.71 bits per heavy atom. The van der Waals surface area contributed by atoms with Gasteiger partial charge in [-0.25, -0.2) is 0 Å². The van der Waals surface area contributed by atoms with Crippen molar-refractivity contribution in [3.05, 3.63) is 0 Å². The first-order chi connectivity index (χ1) is 3.15. The van der Waals surface area contributed by atoms with E-state index in [0.29, 0.717) is 0 Å². The van der Waals surface area contributed by atoms with Gasteiger partial charge in [0.2, 0.25) is 0 Å². The standard InChI is InChI=1S/C4H8BNO/c5-3(7)4(6)1-2-4/h3,7H,1-2,6H2/p+1. The van der Waals surface area contributed by atoms with E-state index in [9.17, 15) is 0 Å². The van der Waals surface area contributed by atoms with Gasteiger partial charge in [0.1, 0.15) is 13.4 Å². The third-order valence-electron chi connectivity index (χ3n) is 1.52. The lowest BCUT2D eigenvalue weighted by atomic mass is 9.91. The Hall–Kier alpha value is -0.0151. The van der Waals surface area contributed by atoms with Gasteiger partial charge in [0.15, 0.2) is 0 Å². The second kappa shape index (κ2) is 1.23. The van der Waals surface area contributed by atoms with Gasteiger partial charge in [-0.2, -0.15) is 0 Å². The summed E-state index contributed by atoms with van der Waals surface area (Å²) in [6.07, 6.45) is 1.95. The summed E-state index contributed by atoms with van der Waals surface area (Å²) in [5.74, 6) is 0. The van der Waals surface area contributed by atoms with Gasteiger partial charge >= 0.3 is 0 Å². The summed E-state index contributed by atoms with van der Waals surface area (Å²) in [4.78, 5) is 0. The SMILES string of the molecule is [B]C(O)C1([NH3+])CC1. The van der Waals surface area contributed by atoms with E-state index in [2.05, 4.69) is 5.73 Å². The molecule has 3 heteroatoms. The molecule has 1 saturated carbocycles. The van der Waals surface area contributed by atoms with Crippen molar-refractivity contribution in [2.75, 3.05) is 0 Å². The van der Waals surface area contributed by atoms with Crippen LogP contribution in [0.4, 0.5) is 0 Å². The summed E-state index contributed by atoms with van der Waals surface area (Å²) in [5, 5.41) is 8.67. The van der Waals surface area contributed by atoms with Crippen molar-refractivity contribution in [3.8, 4) is 0 Å². The third kappa shape index (κ3) is 0.788. The number of rotatable bonds is 1. The fraction of sp³-hybridized carbons (Fsp3) is 1.00. The van der Waals surface area contributed by atoms with E-state index in [1.54, 1.807) is 0 Å². The molecule has 2 radical (unpaired) electrons. The summed E-state index contributed by atoms with van der Waals surface area (Å²) in [7, 11) is 5.12. The second-order valence-electron chi connectivity index (χ2n) is 2.31. The van der Waals surface area contributed by atoms with Crippen molar-refractivity contribution in [2.24, 2.45) is 0 Å². The van der Waals surface area contributed by atoms with E-state index in [4.69, 9.17) is 13.0 Å². The van der Waals surface area contributed by atoms with Crippen molar-refractivity contribution in [3.63, 3.8) is 0 Å². The van der Waals surface area contributed by atoms with Crippen LogP contribution in [-0.4, -0.2) is 24.5 Å². The van der Waals surface area contributed by atoms with Gasteiger partial charge in [-0.3, -0.25) is 0 Å². The van der Waals surface area contributed by atoms with Gasteiger partial charge in [-0.15, -0.1) is 0 Å². The lowest BCUT2D eigenvalue weighted by Crippen LogP contribution is -2.69. The van der Waals surface area contributed by atoms with E-state index in [1.165, 1.54) is 0 Å². The molecule has 0 aromatic heterocycles. The molecule has 0 aromatic carbocycles. The number of hydrogen-bond acceptors (Lipinski definition) is 1. The van der Waals surface area contributed by atoms with Crippen LogP contribution >= 0.6 is 0 Å². The maximum absolute atomic E-state index is 8.67. The molecular formula is C4H9BNO+. The Bertz CT molecular complexity index is 79.8. The van der Waals surface area contributed by atoms with Crippen molar-refractivity contribution in [2.45, 2.75) is 24.4 Å². The minimum Gasteiger partial charge on any atom is -0.397 e. The number of hydrogen-bond donors (Lipinski definition) is 2. The van der Waals surface area contributed by atoms with Gasteiger partial charge in [0.05, 0.1) is 6.00 Å². The maximum atomic E-state index is 8.67. The van der Waals surface area contributed by atoms with Gasteiger partial charge in [-0.1, -0.05) is 0 Å². The van der Waals surface area contributed by atoms with Crippen molar-refractivity contribution in [1.82, 2.24) is 0 Å². The highest BCUT2D eigenvalue weighted by Crippen LogP contribution is 2.31. The van der Waals surface area contributed by atoms with Gasteiger partial charge in [-0.05, 0) is 0 Å².